The topological polar surface area (TPSA) is 67.2 Å². The summed E-state index contributed by atoms with van der Waals surface area (Å²) in [4.78, 5) is 10.8. The van der Waals surface area contributed by atoms with Crippen LogP contribution >= 0.6 is 12.2 Å². The summed E-state index contributed by atoms with van der Waals surface area (Å²) in [6.07, 6.45) is 0. The lowest BCUT2D eigenvalue weighted by Crippen LogP contribution is -2.19. The SMILES string of the molecule is CC(=O)Nc1ccc(NC(N)=S)c(C)c1. The third kappa shape index (κ3) is 3.55. The summed E-state index contributed by atoms with van der Waals surface area (Å²) >= 11 is 4.74. The molecule has 4 nitrogen and oxygen atoms in total. The van der Waals surface area contributed by atoms with Gasteiger partial charge >= 0.3 is 0 Å². The molecule has 1 rings (SSSR count). The van der Waals surface area contributed by atoms with Crippen molar-refractivity contribution in [3.8, 4) is 0 Å². The van der Waals surface area contributed by atoms with Crippen LogP contribution in [0.4, 0.5) is 11.4 Å². The summed E-state index contributed by atoms with van der Waals surface area (Å²) in [5, 5.41) is 5.77. The molecule has 5 heteroatoms. The molecule has 1 amide bonds. The van der Waals surface area contributed by atoms with Gasteiger partial charge in [-0.15, -0.1) is 0 Å². The monoisotopic (exact) mass is 223 g/mol. The predicted molar refractivity (Wildman–Crippen MR) is 65.9 cm³/mol. The Morgan fingerprint density at radius 2 is 2.07 bits per heavy atom. The first-order chi connectivity index (χ1) is 6.99. The summed E-state index contributed by atoms with van der Waals surface area (Å²) in [5.41, 5.74) is 7.93. The van der Waals surface area contributed by atoms with Gasteiger partial charge in [-0.1, -0.05) is 0 Å². The minimum Gasteiger partial charge on any atom is -0.376 e. The normalized spacial score (nSPS) is 9.47. The molecule has 0 saturated carbocycles. The van der Waals surface area contributed by atoms with Crippen molar-refractivity contribution in [2.75, 3.05) is 10.6 Å². The average Bonchev–Trinajstić information content (AvgIpc) is 2.08. The van der Waals surface area contributed by atoms with Crippen molar-refractivity contribution < 1.29 is 4.79 Å². The van der Waals surface area contributed by atoms with Gasteiger partial charge in [0.2, 0.25) is 5.91 Å². The van der Waals surface area contributed by atoms with Gasteiger partial charge in [0.05, 0.1) is 0 Å². The highest BCUT2D eigenvalue weighted by atomic mass is 32.1. The van der Waals surface area contributed by atoms with Crippen LogP contribution in [-0.2, 0) is 4.79 Å². The number of nitrogens with two attached hydrogens (primary N) is 1. The molecule has 0 atom stereocenters. The first kappa shape index (κ1) is 11.5. The molecule has 1 aromatic rings. The van der Waals surface area contributed by atoms with E-state index in [-0.39, 0.29) is 11.0 Å². The lowest BCUT2D eigenvalue weighted by Gasteiger charge is -2.09. The van der Waals surface area contributed by atoms with Crippen LogP contribution in [0.2, 0.25) is 0 Å². The number of hydrogen-bond acceptors (Lipinski definition) is 2. The second-order valence-corrected chi connectivity index (χ2v) is 3.64. The van der Waals surface area contributed by atoms with Crippen molar-refractivity contribution in [2.24, 2.45) is 5.73 Å². The number of benzene rings is 1. The second-order valence-electron chi connectivity index (χ2n) is 3.20. The number of carbonyl (C=O) groups is 1. The third-order valence-corrected chi connectivity index (χ3v) is 1.91. The van der Waals surface area contributed by atoms with Crippen LogP contribution in [-0.4, -0.2) is 11.0 Å². The van der Waals surface area contributed by atoms with Crippen molar-refractivity contribution in [2.45, 2.75) is 13.8 Å². The highest BCUT2D eigenvalue weighted by Crippen LogP contribution is 2.19. The molecule has 0 unspecified atom stereocenters. The number of rotatable bonds is 2. The Bertz CT molecular complexity index is 404. The van der Waals surface area contributed by atoms with Crippen molar-refractivity contribution in [1.82, 2.24) is 0 Å². The number of carbonyl (C=O) groups excluding carboxylic acids is 1. The number of amides is 1. The Morgan fingerprint density at radius 1 is 1.40 bits per heavy atom. The summed E-state index contributed by atoms with van der Waals surface area (Å²) in [7, 11) is 0. The maximum Gasteiger partial charge on any atom is 0.221 e. The highest BCUT2D eigenvalue weighted by molar-refractivity contribution is 7.80. The molecule has 0 aliphatic heterocycles. The molecule has 0 saturated heterocycles. The Kier molecular flexibility index (Phi) is 3.62. The van der Waals surface area contributed by atoms with Gasteiger partial charge in [0.15, 0.2) is 5.11 Å². The Labute approximate surface area is 93.9 Å². The van der Waals surface area contributed by atoms with E-state index in [0.29, 0.717) is 0 Å². The number of hydrogen-bond donors (Lipinski definition) is 3. The van der Waals surface area contributed by atoms with E-state index in [1.165, 1.54) is 6.92 Å². The molecule has 80 valence electrons. The number of thiocarbonyl (C=S) groups is 1. The Balaban J connectivity index is 2.87. The summed E-state index contributed by atoms with van der Waals surface area (Å²) in [6, 6.07) is 5.46. The maximum absolute atomic E-state index is 10.8. The van der Waals surface area contributed by atoms with E-state index >= 15 is 0 Å². The van der Waals surface area contributed by atoms with Crippen LogP contribution < -0.4 is 16.4 Å². The average molecular weight is 223 g/mol. The summed E-state index contributed by atoms with van der Waals surface area (Å²) in [6.45, 7) is 3.38. The zero-order valence-corrected chi connectivity index (χ0v) is 9.44. The molecule has 0 heterocycles. The van der Waals surface area contributed by atoms with E-state index in [1.807, 2.05) is 19.1 Å². The number of aryl methyl sites for hydroxylation is 1. The maximum atomic E-state index is 10.8. The fourth-order valence-corrected chi connectivity index (χ4v) is 1.33. The molecule has 0 bridgehead atoms. The van der Waals surface area contributed by atoms with E-state index in [9.17, 15) is 4.79 Å². The lowest BCUT2D eigenvalue weighted by molar-refractivity contribution is -0.114. The van der Waals surface area contributed by atoms with Gasteiger partial charge in [0, 0.05) is 18.3 Å². The van der Waals surface area contributed by atoms with E-state index in [1.54, 1.807) is 6.07 Å². The Hall–Kier alpha value is -1.62. The minimum absolute atomic E-state index is 0.0931. The molecular formula is C10H13N3OS. The molecule has 15 heavy (non-hydrogen) atoms. The van der Waals surface area contributed by atoms with Crippen LogP contribution in [0, 0.1) is 6.92 Å². The Morgan fingerprint density at radius 3 is 2.53 bits per heavy atom. The van der Waals surface area contributed by atoms with Gasteiger partial charge < -0.3 is 16.4 Å². The fraction of sp³-hybridized carbons (Fsp3) is 0.200. The van der Waals surface area contributed by atoms with Crippen molar-refractivity contribution in [1.29, 1.82) is 0 Å². The fourth-order valence-electron chi connectivity index (χ4n) is 1.22. The van der Waals surface area contributed by atoms with Crippen LogP contribution in [0.15, 0.2) is 18.2 Å². The third-order valence-electron chi connectivity index (χ3n) is 1.80. The molecule has 0 fully saturated rings. The standard InChI is InChI=1S/C10H13N3OS/c1-6-5-8(12-7(2)14)3-4-9(6)13-10(11)15/h3-5H,1-2H3,(H,12,14)(H3,11,13,15). The molecular weight excluding hydrogens is 210 g/mol. The first-order valence-corrected chi connectivity index (χ1v) is 4.84. The largest absolute Gasteiger partial charge is 0.376 e. The molecule has 0 aliphatic carbocycles. The highest BCUT2D eigenvalue weighted by Gasteiger charge is 2.01. The van der Waals surface area contributed by atoms with Crippen LogP contribution in [0.3, 0.4) is 0 Å². The van der Waals surface area contributed by atoms with Crippen LogP contribution in [0.25, 0.3) is 0 Å². The van der Waals surface area contributed by atoms with Gasteiger partial charge in [-0.25, -0.2) is 0 Å². The predicted octanol–water partition coefficient (Wildman–Crippen LogP) is 1.61. The summed E-state index contributed by atoms with van der Waals surface area (Å²) in [5.74, 6) is -0.0931. The number of nitrogens with one attached hydrogen (secondary N) is 2. The molecule has 0 spiro atoms. The van der Waals surface area contributed by atoms with Crippen molar-refractivity contribution >= 4 is 34.6 Å². The zero-order chi connectivity index (χ0) is 11.4. The quantitative estimate of drug-likeness (QED) is 0.666. The van der Waals surface area contributed by atoms with Gasteiger partial charge in [-0.05, 0) is 42.9 Å². The second kappa shape index (κ2) is 4.75. The number of anilines is 2. The van der Waals surface area contributed by atoms with Crippen LogP contribution in [0.1, 0.15) is 12.5 Å². The molecule has 0 aromatic heterocycles. The van der Waals surface area contributed by atoms with Crippen molar-refractivity contribution in [3.05, 3.63) is 23.8 Å². The van der Waals surface area contributed by atoms with Gasteiger partial charge in [0.1, 0.15) is 0 Å². The van der Waals surface area contributed by atoms with Gasteiger partial charge in [0.25, 0.3) is 0 Å². The van der Waals surface area contributed by atoms with Crippen molar-refractivity contribution in [3.63, 3.8) is 0 Å². The molecule has 4 N–H and O–H groups in total. The van der Waals surface area contributed by atoms with Gasteiger partial charge in [-0.2, -0.15) is 0 Å². The first-order valence-electron chi connectivity index (χ1n) is 4.43. The lowest BCUT2D eigenvalue weighted by atomic mass is 10.2. The van der Waals surface area contributed by atoms with E-state index in [4.69, 9.17) is 18.0 Å². The smallest absolute Gasteiger partial charge is 0.221 e. The van der Waals surface area contributed by atoms with E-state index < -0.39 is 0 Å². The zero-order valence-electron chi connectivity index (χ0n) is 8.63. The van der Waals surface area contributed by atoms with E-state index in [2.05, 4.69) is 10.6 Å². The van der Waals surface area contributed by atoms with Gasteiger partial charge in [-0.3, -0.25) is 4.79 Å². The van der Waals surface area contributed by atoms with Crippen LogP contribution in [0.5, 0.6) is 0 Å². The minimum atomic E-state index is -0.0931. The molecule has 0 radical (unpaired) electrons. The molecule has 1 aromatic carbocycles. The summed E-state index contributed by atoms with van der Waals surface area (Å²) < 4.78 is 0. The molecule has 0 aliphatic rings. The van der Waals surface area contributed by atoms with E-state index in [0.717, 1.165) is 16.9 Å².